The van der Waals surface area contributed by atoms with Crippen molar-refractivity contribution in [2.75, 3.05) is 4.90 Å². The first-order chi connectivity index (χ1) is 18.2. The number of fused-ring (bicyclic) bond motifs is 8. The first-order valence-electron chi connectivity index (χ1n) is 13.0. The van der Waals surface area contributed by atoms with Gasteiger partial charge >= 0.3 is 0 Å². The summed E-state index contributed by atoms with van der Waals surface area (Å²) in [6, 6.07) is 42.1. The molecule has 2 heteroatoms. The van der Waals surface area contributed by atoms with Gasteiger partial charge in [-0.05, 0) is 77.2 Å². The fraction of sp³-hybridized carbons (Fsp3) is 0.0857. The lowest BCUT2D eigenvalue weighted by Gasteiger charge is -2.41. The fourth-order valence-corrected chi connectivity index (χ4v) is 6.73. The van der Waals surface area contributed by atoms with Gasteiger partial charge in [-0.2, -0.15) is 0 Å². The predicted octanol–water partition coefficient (Wildman–Crippen LogP) is 9.06. The highest BCUT2D eigenvalue weighted by Crippen LogP contribution is 2.57. The van der Waals surface area contributed by atoms with Crippen LogP contribution in [0.4, 0.5) is 11.4 Å². The van der Waals surface area contributed by atoms with Crippen LogP contribution in [-0.2, 0) is 0 Å². The lowest BCUT2D eigenvalue weighted by molar-refractivity contribution is 0.532. The molecule has 176 valence electrons. The zero-order chi connectivity index (χ0) is 24.6. The number of anilines is 2. The van der Waals surface area contributed by atoms with E-state index in [1.807, 2.05) is 0 Å². The lowest BCUT2D eigenvalue weighted by atomic mass is 9.73. The lowest BCUT2D eigenvalue weighted by Crippen LogP contribution is -2.43. The van der Waals surface area contributed by atoms with Gasteiger partial charge in [0.05, 0.1) is 5.54 Å². The first kappa shape index (κ1) is 20.6. The predicted molar refractivity (Wildman–Crippen MR) is 156 cm³/mol. The second-order valence-electron chi connectivity index (χ2n) is 10.5. The number of nitrogens with zero attached hydrogens (tertiary/aromatic N) is 1. The van der Waals surface area contributed by atoms with Crippen molar-refractivity contribution in [3.8, 4) is 11.1 Å². The maximum atomic E-state index is 3.56. The summed E-state index contributed by atoms with van der Waals surface area (Å²) in [6.07, 6.45) is 4.71. The summed E-state index contributed by atoms with van der Waals surface area (Å²) in [5.41, 5.74) is 11.3. The highest BCUT2D eigenvalue weighted by atomic mass is 15.2. The summed E-state index contributed by atoms with van der Waals surface area (Å²) >= 11 is 0. The first-order valence-corrected chi connectivity index (χ1v) is 13.0. The molecule has 0 fully saturated rings. The Hall–Kier alpha value is -4.56. The van der Waals surface area contributed by atoms with Crippen molar-refractivity contribution in [1.82, 2.24) is 4.98 Å². The van der Waals surface area contributed by atoms with E-state index in [0.29, 0.717) is 0 Å². The Morgan fingerprint density at radius 1 is 0.649 bits per heavy atom. The summed E-state index contributed by atoms with van der Waals surface area (Å²) in [5.74, 6) is 0.251. The molecule has 0 radical (unpaired) electrons. The van der Waals surface area contributed by atoms with E-state index in [4.69, 9.17) is 0 Å². The van der Waals surface area contributed by atoms with Crippen LogP contribution in [0.15, 0.2) is 121 Å². The van der Waals surface area contributed by atoms with Crippen molar-refractivity contribution in [1.29, 1.82) is 0 Å². The highest BCUT2D eigenvalue weighted by molar-refractivity contribution is 6.08. The molecule has 1 N–H and O–H groups in total. The maximum absolute atomic E-state index is 3.56. The summed E-state index contributed by atoms with van der Waals surface area (Å²) < 4.78 is 0. The molecule has 2 aliphatic rings. The number of hydrogen-bond acceptors (Lipinski definition) is 1. The third kappa shape index (κ3) is 2.87. The Balaban J connectivity index is 1.35. The van der Waals surface area contributed by atoms with Crippen LogP contribution in [-0.4, -0.2) is 10.5 Å². The van der Waals surface area contributed by atoms with Gasteiger partial charge in [0, 0.05) is 39.1 Å². The molecule has 8 rings (SSSR count). The van der Waals surface area contributed by atoms with Crippen molar-refractivity contribution in [3.63, 3.8) is 0 Å². The van der Waals surface area contributed by atoms with E-state index in [0.717, 1.165) is 0 Å². The van der Waals surface area contributed by atoms with Crippen LogP contribution in [0.25, 0.3) is 39.0 Å². The molecule has 5 aromatic carbocycles. The minimum Gasteiger partial charge on any atom is -0.355 e. The number of aromatic amines is 1. The van der Waals surface area contributed by atoms with E-state index in [9.17, 15) is 0 Å². The number of aromatic nitrogens is 1. The van der Waals surface area contributed by atoms with Crippen LogP contribution in [0, 0.1) is 0 Å². The quantitative estimate of drug-likeness (QED) is 0.265. The number of hydrogen-bond donors (Lipinski definition) is 1. The van der Waals surface area contributed by atoms with Crippen LogP contribution in [0.2, 0.25) is 0 Å². The second-order valence-corrected chi connectivity index (χ2v) is 10.5. The van der Waals surface area contributed by atoms with Crippen molar-refractivity contribution in [2.24, 2.45) is 0 Å². The van der Waals surface area contributed by atoms with Crippen molar-refractivity contribution in [3.05, 3.63) is 138 Å². The van der Waals surface area contributed by atoms with Crippen LogP contribution in [0.3, 0.4) is 0 Å². The van der Waals surface area contributed by atoms with E-state index in [-0.39, 0.29) is 11.5 Å². The topological polar surface area (TPSA) is 19.0 Å². The van der Waals surface area contributed by atoms with Crippen LogP contribution >= 0.6 is 0 Å². The number of rotatable bonds is 2. The highest BCUT2D eigenvalue weighted by Gasteiger charge is 2.49. The van der Waals surface area contributed by atoms with Gasteiger partial charge in [0.2, 0.25) is 0 Å². The van der Waals surface area contributed by atoms with Crippen molar-refractivity contribution < 1.29 is 0 Å². The van der Waals surface area contributed by atoms with Crippen LogP contribution in [0.1, 0.15) is 29.5 Å². The summed E-state index contributed by atoms with van der Waals surface area (Å²) in [4.78, 5) is 6.09. The molecule has 1 aromatic heterocycles. The normalized spacial score (nSPS) is 19.7. The van der Waals surface area contributed by atoms with Crippen molar-refractivity contribution in [2.45, 2.75) is 18.4 Å². The minimum atomic E-state index is -0.183. The molecule has 2 unspecified atom stereocenters. The number of H-pyrrole nitrogens is 1. The Morgan fingerprint density at radius 3 is 2.30 bits per heavy atom. The largest absolute Gasteiger partial charge is 0.355 e. The molecule has 37 heavy (non-hydrogen) atoms. The molecule has 0 amide bonds. The molecular formula is C35H26N2. The molecule has 0 saturated heterocycles. The number of benzene rings is 5. The third-order valence-electron chi connectivity index (χ3n) is 8.41. The fourth-order valence-electron chi connectivity index (χ4n) is 6.73. The Labute approximate surface area is 216 Å². The molecule has 2 heterocycles. The molecule has 0 bridgehead atoms. The molecule has 2 atom stereocenters. The SMILES string of the molecule is CC12C=Cc3ccccc3C1c1cc(-c3ccc4[nH]c5ccccc5c4c3)ccc1N2c1ccccc1. The Kier molecular flexibility index (Phi) is 4.16. The van der Waals surface area contributed by atoms with Gasteiger partial charge in [-0.1, -0.05) is 84.9 Å². The van der Waals surface area contributed by atoms with Gasteiger partial charge in [0.1, 0.15) is 0 Å². The maximum Gasteiger partial charge on any atom is 0.0718 e. The van der Waals surface area contributed by atoms with E-state index in [1.54, 1.807) is 0 Å². The average Bonchev–Trinajstić information content (AvgIpc) is 3.45. The van der Waals surface area contributed by atoms with Crippen molar-refractivity contribution >= 4 is 39.3 Å². The van der Waals surface area contributed by atoms with E-state index < -0.39 is 0 Å². The van der Waals surface area contributed by atoms with Gasteiger partial charge in [0.25, 0.3) is 0 Å². The van der Waals surface area contributed by atoms with Crippen LogP contribution in [0.5, 0.6) is 0 Å². The summed E-state index contributed by atoms with van der Waals surface area (Å²) in [6.45, 7) is 2.38. The molecule has 6 aromatic rings. The third-order valence-corrected chi connectivity index (χ3v) is 8.41. The van der Waals surface area contributed by atoms with Gasteiger partial charge < -0.3 is 9.88 Å². The summed E-state index contributed by atoms with van der Waals surface area (Å²) in [7, 11) is 0. The molecule has 2 nitrogen and oxygen atoms in total. The minimum absolute atomic E-state index is 0.183. The van der Waals surface area contributed by atoms with Gasteiger partial charge in [-0.25, -0.2) is 0 Å². The summed E-state index contributed by atoms with van der Waals surface area (Å²) in [5, 5.41) is 2.55. The standard InChI is InChI=1S/C35H26N2/c1-35-20-19-23-9-5-6-12-27(23)34(35)30-22-25(16-18-33(30)37(35)26-10-3-2-4-11-26)24-15-17-32-29(21-24)28-13-7-8-14-31(28)36-32/h2-22,34,36H,1H3. The Bertz CT molecular complexity index is 1860. The average molecular weight is 475 g/mol. The second kappa shape index (κ2) is 7.47. The number of para-hydroxylation sites is 2. The molecule has 0 spiro atoms. The zero-order valence-corrected chi connectivity index (χ0v) is 20.6. The molecule has 1 aliphatic carbocycles. The van der Waals surface area contributed by atoms with E-state index in [1.165, 1.54) is 61.0 Å². The smallest absolute Gasteiger partial charge is 0.0718 e. The van der Waals surface area contributed by atoms with Gasteiger partial charge in [0.15, 0.2) is 0 Å². The van der Waals surface area contributed by atoms with Gasteiger partial charge in [-0.15, -0.1) is 0 Å². The van der Waals surface area contributed by atoms with Gasteiger partial charge in [-0.3, -0.25) is 0 Å². The van der Waals surface area contributed by atoms with E-state index >= 15 is 0 Å². The van der Waals surface area contributed by atoms with E-state index in [2.05, 4.69) is 144 Å². The Morgan fingerprint density at radius 2 is 1.38 bits per heavy atom. The molecular weight excluding hydrogens is 448 g/mol. The zero-order valence-electron chi connectivity index (χ0n) is 20.6. The number of nitrogens with one attached hydrogen (secondary N) is 1. The monoisotopic (exact) mass is 474 g/mol. The van der Waals surface area contributed by atoms with Crippen LogP contribution < -0.4 is 4.90 Å². The molecule has 0 saturated carbocycles. The molecule has 1 aliphatic heterocycles.